The lowest BCUT2D eigenvalue weighted by Crippen LogP contribution is -2.50. The second kappa shape index (κ2) is 4.96. The van der Waals surface area contributed by atoms with E-state index < -0.39 is 0 Å². The van der Waals surface area contributed by atoms with Gasteiger partial charge in [-0.25, -0.2) is 4.98 Å². The molecule has 1 aliphatic heterocycles. The minimum atomic E-state index is 0.350. The quantitative estimate of drug-likeness (QED) is 0.834. The van der Waals surface area contributed by atoms with Gasteiger partial charge < -0.3 is 10.6 Å². The first-order chi connectivity index (χ1) is 8.13. The van der Waals surface area contributed by atoms with E-state index in [1.165, 1.54) is 12.8 Å². The Balaban J connectivity index is 2.31. The van der Waals surface area contributed by atoms with Crippen molar-refractivity contribution in [1.29, 1.82) is 0 Å². The molecule has 1 aliphatic rings. The van der Waals surface area contributed by atoms with Gasteiger partial charge in [0.2, 0.25) is 5.95 Å². The molecule has 1 aromatic rings. The topological polar surface area (TPSA) is 67.9 Å². The molecule has 0 amide bonds. The molecule has 2 N–H and O–H groups in total. The molecule has 5 heteroatoms. The molecule has 1 saturated heterocycles. The molecule has 0 spiro atoms. The van der Waals surface area contributed by atoms with Crippen molar-refractivity contribution in [1.82, 2.24) is 15.2 Å². The van der Waals surface area contributed by atoms with Crippen LogP contribution in [0.4, 0.5) is 5.95 Å². The van der Waals surface area contributed by atoms with E-state index >= 15 is 0 Å². The fourth-order valence-corrected chi connectivity index (χ4v) is 2.43. The third-order valence-electron chi connectivity index (χ3n) is 3.61. The second-order valence-electron chi connectivity index (χ2n) is 4.86. The van der Waals surface area contributed by atoms with Crippen molar-refractivity contribution in [3.8, 4) is 0 Å². The number of anilines is 1. The van der Waals surface area contributed by atoms with E-state index in [1.54, 1.807) is 0 Å². The van der Waals surface area contributed by atoms with E-state index in [4.69, 9.17) is 5.73 Å². The molecular weight excluding hydrogens is 214 g/mol. The summed E-state index contributed by atoms with van der Waals surface area (Å²) in [5.74, 6) is 0.732. The van der Waals surface area contributed by atoms with Crippen molar-refractivity contribution in [2.45, 2.75) is 52.1 Å². The van der Waals surface area contributed by atoms with E-state index in [0.29, 0.717) is 18.6 Å². The van der Waals surface area contributed by atoms with Crippen LogP contribution in [0.5, 0.6) is 0 Å². The van der Waals surface area contributed by atoms with Crippen LogP contribution < -0.4 is 10.6 Å². The summed E-state index contributed by atoms with van der Waals surface area (Å²) < 4.78 is 0. The number of nitrogens with zero attached hydrogens (tertiary/aromatic N) is 4. The van der Waals surface area contributed by atoms with Crippen LogP contribution in [-0.2, 0) is 0 Å². The number of rotatable bonds is 2. The van der Waals surface area contributed by atoms with Crippen LogP contribution >= 0.6 is 0 Å². The standard InChI is InChI=1S/C12H21N5/c1-8-5-4-6-11(7-13)17(8)12-14-9(2)10(3)15-16-12/h8,11H,4-7,13H2,1-3H3. The third-order valence-corrected chi connectivity index (χ3v) is 3.61. The number of aromatic nitrogens is 3. The average Bonchev–Trinajstić information content (AvgIpc) is 2.32. The van der Waals surface area contributed by atoms with Crippen LogP contribution in [0.2, 0.25) is 0 Å². The largest absolute Gasteiger partial charge is 0.333 e. The Kier molecular flexibility index (Phi) is 3.57. The molecule has 2 heterocycles. The highest BCUT2D eigenvalue weighted by molar-refractivity contribution is 5.34. The molecule has 5 nitrogen and oxygen atoms in total. The zero-order chi connectivity index (χ0) is 12.4. The van der Waals surface area contributed by atoms with Gasteiger partial charge >= 0.3 is 0 Å². The highest BCUT2D eigenvalue weighted by atomic mass is 15.4. The van der Waals surface area contributed by atoms with Gasteiger partial charge in [-0.1, -0.05) is 0 Å². The predicted molar refractivity (Wildman–Crippen MR) is 67.9 cm³/mol. The Morgan fingerprint density at radius 2 is 2.00 bits per heavy atom. The van der Waals surface area contributed by atoms with Crippen molar-refractivity contribution in [2.24, 2.45) is 5.73 Å². The molecule has 17 heavy (non-hydrogen) atoms. The van der Waals surface area contributed by atoms with Crippen LogP contribution in [0, 0.1) is 13.8 Å². The molecule has 0 saturated carbocycles. The molecule has 2 unspecified atom stereocenters. The van der Waals surface area contributed by atoms with Crippen LogP contribution in [0.1, 0.15) is 37.6 Å². The van der Waals surface area contributed by atoms with E-state index in [-0.39, 0.29) is 0 Å². The van der Waals surface area contributed by atoms with E-state index in [1.807, 2.05) is 13.8 Å². The second-order valence-corrected chi connectivity index (χ2v) is 4.86. The Hall–Kier alpha value is -1.23. The summed E-state index contributed by atoms with van der Waals surface area (Å²) in [7, 11) is 0. The van der Waals surface area contributed by atoms with Gasteiger partial charge in [0.15, 0.2) is 0 Å². The van der Waals surface area contributed by atoms with Crippen molar-refractivity contribution >= 4 is 5.95 Å². The molecule has 0 bridgehead atoms. The van der Waals surface area contributed by atoms with E-state index in [9.17, 15) is 0 Å². The van der Waals surface area contributed by atoms with Gasteiger partial charge in [-0.15, -0.1) is 5.10 Å². The summed E-state index contributed by atoms with van der Waals surface area (Å²) in [6.07, 6.45) is 3.53. The van der Waals surface area contributed by atoms with Crippen LogP contribution in [0.3, 0.4) is 0 Å². The summed E-state index contributed by atoms with van der Waals surface area (Å²) in [5.41, 5.74) is 7.68. The van der Waals surface area contributed by atoms with Gasteiger partial charge in [-0.2, -0.15) is 5.10 Å². The van der Waals surface area contributed by atoms with Crippen molar-refractivity contribution in [3.05, 3.63) is 11.4 Å². The third kappa shape index (κ3) is 2.39. The summed E-state index contributed by atoms with van der Waals surface area (Å²) >= 11 is 0. The van der Waals surface area contributed by atoms with Gasteiger partial charge in [-0.3, -0.25) is 0 Å². The molecule has 1 aromatic heterocycles. The monoisotopic (exact) mass is 235 g/mol. The molecule has 0 radical (unpaired) electrons. The first-order valence-electron chi connectivity index (χ1n) is 6.29. The van der Waals surface area contributed by atoms with Crippen molar-refractivity contribution in [2.75, 3.05) is 11.4 Å². The van der Waals surface area contributed by atoms with Gasteiger partial charge in [0, 0.05) is 18.6 Å². The number of nitrogens with two attached hydrogens (primary N) is 1. The van der Waals surface area contributed by atoms with Crippen LogP contribution in [0.15, 0.2) is 0 Å². The maximum Gasteiger partial charge on any atom is 0.246 e. The van der Waals surface area contributed by atoms with E-state index in [2.05, 4.69) is 27.0 Å². The Labute approximate surface area is 102 Å². The van der Waals surface area contributed by atoms with Gasteiger partial charge in [0.05, 0.1) is 11.4 Å². The maximum absolute atomic E-state index is 5.84. The highest BCUT2D eigenvalue weighted by Gasteiger charge is 2.29. The lowest BCUT2D eigenvalue weighted by molar-refractivity contribution is 0.392. The number of aryl methyl sites for hydroxylation is 2. The summed E-state index contributed by atoms with van der Waals surface area (Å²) in [6.45, 7) is 6.76. The molecular formula is C12H21N5. The first-order valence-corrected chi connectivity index (χ1v) is 6.29. The van der Waals surface area contributed by atoms with Crippen molar-refractivity contribution in [3.63, 3.8) is 0 Å². The summed E-state index contributed by atoms with van der Waals surface area (Å²) in [5, 5.41) is 8.38. The Morgan fingerprint density at radius 3 is 2.65 bits per heavy atom. The van der Waals surface area contributed by atoms with Gasteiger partial charge in [-0.05, 0) is 40.0 Å². The smallest absolute Gasteiger partial charge is 0.246 e. The fourth-order valence-electron chi connectivity index (χ4n) is 2.43. The van der Waals surface area contributed by atoms with Crippen LogP contribution in [0.25, 0.3) is 0 Å². The molecule has 0 aliphatic carbocycles. The molecule has 2 atom stereocenters. The Bertz CT molecular complexity index is 392. The molecule has 0 aromatic carbocycles. The lowest BCUT2D eigenvalue weighted by atomic mass is 9.97. The Morgan fingerprint density at radius 1 is 1.24 bits per heavy atom. The van der Waals surface area contributed by atoms with Gasteiger partial charge in [0.25, 0.3) is 0 Å². The number of hydrogen-bond acceptors (Lipinski definition) is 5. The average molecular weight is 235 g/mol. The zero-order valence-corrected chi connectivity index (χ0v) is 10.8. The van der Waals surface area contributed by atoms with E-state index in [0.717, 1.165) is 23.8 Å². The SMILES string of the molecule is Cc1nnc(N2C(C)CCCC2CN)nc1C. The van der Waals surface area contributed by atoms with Crippen molar-refractivity contribution < 1.29 is 0 Å². The first kappa shape index (κ1) is 12.2. The van der Waals surface area contributed by atoms with Gasteiger partial charge in [0.1, 0.15) is 0 Å². The summed E-state index contributed by atoms with van der Waals surface area (Å²) in [6, 6.07) is 0.795. The summed E-state index contributed by atoms with van der Waals surface area (Å²) in [4.78, 5) is 6.78. The zero-order valence-electron chi connectivity index (χ0n) is 10.8. The number of piperidine rings is 1. The highest BCUT2D eigenvalue weighted by Crippen LogP contribution is 2.26. The minimum absolute atomic E-state index is 0.350. The number of hydrogen-bond donors (Lipinski definition) is 1. The molecule has 2 rings (SSSR count). The van der Waals surface area contributed by atoms with Crippen LogP contribution in [-0.4, -0.2) is 33.8 Å². The maximum atomic E-state index is 5.84. The lowest BCUT2D eigenvalue weighted by Gasteiger charge is -2.40. The normalized spacial score (nSPS) is 25.1. The fraction of sp³-hybridized carbons (Fsp3) is 0.750. The minimum Gasteiger partial charge on any atom is -0.333 e. The molecule has 1 fully saturated rings. The molecule has 94 valence electrons. The predicted octanol–water partition coefficient (Wildman–Crippen LogP) is 1.19.